The number of hydrogen-bond acceptors (Lipinski definition) is 3. The molecule has 1 heterocycles. The van der Waals surface area contributed by atoms with Gasteiger partial charge in [-0.25, -0.2) is 0 Å². The lowest BCUT2D eigenvalue weighted by Gasteiger charge is -2.27. The molecule has 18 heavy (non-hydrogen) atoms. The van der Waals surface area contributed by atoms with Gasteiger partial charge in [0.2, 0.25) is 5.91 Å². The Morgan fingerprint density at radius 1 is 1.50 bits per heavy atom. The van der Waals surface area contributed by atoms with Gasteiger partial charge in [0, 0.05) is 33.6 Å². The van der Waals surface area contributed by atoms with E-state index in [1.54, 1.807) is 7.05 Å². The fraction of sp³-hybridized carbons (Fsp3) is 0.500. The minimum absolute atomic E-state index is 0.0830. The summed E-state index contributed by atoms with van der Waals surface area (Å²) >= 11 is 0. The Balaban J connectivity index is 2.10. The highest BCUT2D eigenvalue weighted by atomic mass is 16.1. The van der Waals surface area contributed by atoms with E-state index in [0.717, 1.165) is 19.5 Å². The number of carbonyl (C=O) groups excluding carboxylic acids is 1. The highest BCUT2D eigenvalue weighted by molar-refractivity contribution is 5.78. The predicted molar refractivity (Wildman–Crippen MR) is 75.2 cm³/mol. The number of nitrogens with zero attached hydrogens (tertiary/aromatic N) is 1. The van der Waals surface area contributed by atoms with E-state index >= 15 is 0 Å². The first-order valence-corrected chi connectivity index (χ1v) is 6.50. The molecular formula is C14H21N3O. The van der Waals surface area contributed by atoms with Crippen LogP contribution in [0, 0.1) is 0 Å². The van der Waals surface area contributed by atoms with Crippen molar-refractivity contribution in [1.82, 2.24) is 5.32 Å². The standard InChI is InChI=1S/C14H21N3O/c1-15-13(18)8-10-17(2)12-7-3-5-11-6-4-9-16-14(11)12/h3,5,7,16H,4,6,8-10H2,1-2H3,(H,15,18). The van der Waals surface area contributed by atoms with Crippen molar-refractivity contribution < 1.29 is 4.79 Å². The third-order valence-electron chi connectivity index (χ3n) is 3.42. The molecular weight excluding hydrogens is 226 g/mol. The molecule has 1 aliphatic heterocycles. The number of carbonyl (C=O) groups is 1. The first-order valence-electron chi connectivity index (χ1n) is 6.50. The molecule has 0 aliphatic carbocycles. The number of anilines is 2. The number of rotatable bonds is 4. The Hall–Kier alpha value is -1.71. The lowest BCUT2D eigenvalue weighted by atomic mass is 10.0. The van der Waals surface area contributed by atoms with Crippen molar-refractivity contribution in [1.29, 1.82) is 0 Å². The van der Waals surface area contributed by atoms with E-state index in [9.17, 15) is 4.79 Å². The summed E-state index contributed by atoms with van der Waals surface area (Å²) in [5.41, 5.74) is 3.81. The van der Waals surface area contributed by atoms with Crippen molar-refractivity contribution >= 4 is 17.3 Å². The second-order valence-electron chi connectivity index (χ2n) is 4.69. The molecule has 2 rings (SSSR count). The average Bonchev–Trinajstić information content (AvgIpc) is 2.43. The minimum atomic E-state index is 0.0830. The Bertz CT molecular complexity index is 431. The van der Waals surface area contributed by atoms with Gasteiger partial charge in [-0.3, -0.25) is 4.79 Å². The van der Waals surface area contributed by atoms with Crippen molar-refractivity contribution in [2.45, 2.75) is 19.3 Å². The fourth-order valence-corrected chi connectivity index (χ4v) is 2.32. The largest absolute Gasteiger partial charge is 0.383 e. The molecule has 98 valence electrons. The van der Waals surface area contributed by atoms with Gasteiger partial charge in [-0.2, -0.15) is 0 Å². The number of benzene rings is 1. The summed E-state index contributed by atoms with van der Waals surface area (Å²) in [6.45, 7) is 1.77. The third-order valence-corrected chi connectivity index (χ3v) is 3.42. The molecule has 0 saturated carbocycles. The van der Waals surface area contributed by atoms with Gasteiger partial charge in [0.1, 0.15) is 0 Å². The zero-order valence-electron chi connectivity index (χ0n) is 11.1. The molecule has 4 heteroatoms. The summed E-state index contributed by atoms with van der Waals surface area (Å²) in [6, 6.07) is 6.39. The summed E-state index contributed by atoms with van der Waals surface area (Å²) in [7, 11) is 3.71. The lowest BCUT2D eigenvalue weighted by molar-refractivity contribution is -0.120. The smallest absolute Gasteiger partial charge is 0.221 e. The molecule has 1 amide bonds. The summed E-state index contributed by atoms with van der Waals surface area (Å²) in [5, 5.41) is 6.12. The van der Waals surface area contributed by atoms with E-state index in [0.29, 0.717) is 6.42 Å². The van der Waals surface area contributed by atoms with E-state index in [-0.39, 0.29) is 5.91 Å². The van der Waals surface area contributed by atoms with E-state index in [1.807, 2.05) is 7.05 Å². The number of nitrogens with one attached hydrogen (secondary N) is 2. The topological polar surface area (TPSA) is 44.4 Å². The van der Waals surface area contributed by atoms with E-state index in [2.05, 4.69) is 33.7 Å². The molecule has 0 fully saturated rings. The van der Waals surface area contributed by atoms with Crippen LogP contribution in [-0.4, -0.2) is 33.1 Å². The maximum Gasteiger partial charge on any atom is 0.221 e. The molecule has 0 saturated heterocycles. The van der Waals surface area contributed by atoms with Crippen molar-refractivity contribution in [2.24, 2.45) is 0 Å². The summed E-state index contributed by atoms with van der Waals surface area (Å²) in [6.07, 6.45) is 2.86. The number of hydrogen-bond donors (Lipinski definition) is 2. The van der Waals surface area contributed by atoms with Gasteiger partial charge in [-0.05, 0) is 24.5 Å². The van der Waals surface area contributed by atoms with E-state index < -0.39 is 0 Å². The molecule has 0 spiro atoms. The molecule has 0 bridgehead atoms. The van der Waals surface area contributed by atoms with Crippen LogP contribution in [0.25, 0.3) is 0 Å². The zero-order valence-corrected chi connectivity index (χ0v) is 11.1. The third kappa shape index (κ3) is 2.75. The molecule has 4 nitrogen and oxygen atoms in total. The second kappa shape index (κ2) is 5.76. The molecule has 0 atom stereocenters. The average molecular weight is 247 g/mol. The Labute approximate surface area is 108 Å². The summed E-state index contributed by atoms with van der Waals surface area (Å²) < 4.78 is 0. The predicted octanol–water partition coefficient (Wildman–Crippen LogP) is 1.62. The molecule has 0 radical (unpaired) electrons. The van der Waals surface area contributed by atoms with Crippen molar-refractivity contribution in [2.75, 3.05) is 37.4 Å². The maximum absolute atomic E-state index is 11.3. The SMILES string of the molecule is CNC(=O)CCN(C)c1cccc2c1NCCC2. The highest BCUT2D eigenvalue weighted by Gasteiger charge is 2.15. The second-order valence-corrected chi connectivity index (χ2v) is 4.69. The first-order chi connectivity index (χ1) is 8.72. The molecule has 1 aliphatic rings. The van der Waals surface area contributed by atoms with Crippen LogP contribution in [-0.2, 0) is 11.2 Å². The van der Waals surface area contributed by atoms with Gasteiger partial charge in [0.05, 0.1) is 11.4 Å². The summed E-state index contributed by atoms with van der Waals surface area (Å²) in [4.78, 5) is 13.4. The van der Waals surface area contributed by atoms with Crippen LogP contribution in [0.1, 0.15) is 18.4 Å². The maximum atomic E-state index is 11.3. The van der Waals surface area contributed by atoms with Crippen molar-refractivity contribution in [3.05, 3.63) is 23.8 Å². The van der Waals surface area contributed by atoms with Crippen LogP contribution < -0.4 is 15.5 Å². The van der Waals surface area contributed by atoms with Crippen LogP contribution in [0.4, 0.5) is 11.4 Å². The minimum Gasteiger partial charge on any atom is -0.383 e. The van der Waals surface area contributed by atoms with Crippen LogP contribution in [0.15, 0.2) is 18.2 Å². The number of aryl methyl sites for hydroxylation is 1. The Morgan fingerprint density at radius 2 is 2.33 bits per heavy atom. The lowest BCUT2D eigenvalue weighted by Crippen LogP contribution is -2.27. The van der Waals surface area contributed by atoms with Gasteiger partial charge in [0.25, 0.3) is 0 Å². The highest BCUT2D eigenvalue weighted by Crippen LogP contribution is 2.32. The van der Waals surface area contributed by atoms with Gasteiger partial charge in [-0.1, -0.05) is 12.1 Å². The van der Waals surface area contributed by atoms with Gasteiger partial charge in [-0.15, -0.1) is 0 Å². The van der Waals surface area contributed by atoms with Gasteiger partial charge in [0.15, 0.2) is 0 Å². The summed E-state index contributed by atoms with van der Waals surface area (Å²) in [5.74, 6) is 0.0830. The number of amides is 1. The van der Waals surface area contributed by atoms with E-state index in [1.165, 1.54) is 23.4 Å². The monoisotopic (exact) mass is 247 g/mol. The zero-order chi connectivity index (χ0) is 13.0. The Morgan fingerprint density at radius 3 is 3.11 bits per heavy atom. The number of para-hydroxylation sites is 1. The molecule has 1 aromatic rings. The van der Waals surface area contributed by atoms with Crippen LogP contribution >= 0.6 is 0 Å². The number of fused-ring (bicyclic) bond motifs is 1. The first kappa shape index (κ1) is 12.7. The van der Waals surface area contributed by atoms with Crippen molar-refractivity contribution in [3.63, 3.8) is 0 Å². The molecule has 0 unspecified atom stereocenters. The van der Waals surface area contributed by atoms with Crippen LogP contribution in [0.3, 0.4) is 0 Å². The van der Waals surface area contributed by atoms with Crippen LogP contribution in [0.5, 0.6) is 0 Å². The fourth-order valence-electron chi connectivity index (χ4n) is 2.32. The Kier molecular flexibility index (Phi) is 4.07. The van der Waals surface area contributed by atoms with Crippen LogP contribution in [0.2, 0.25) is 0 Å². The molecule has 1 aromatic carbocycles. The van der Waals surface area contributed by atoms with Gasteiger partial charge >= 0.3 is 0 Å². The van der Waals surface area contributed by atoms with Crippen molar-refractivity contribution in [3.8, 4) is 0 Å². The molecule has 0 aromatic heterocycles. The van der Waals surface area contributed by atoms with E-state index in [4.69, 9.17) is 0 Å². The van der Waals surface area contributed by atoms with Gasteiger partial charge < -0.3 is 15.5 Å². The normalized spacial score (nSPS) is 13.4. The molecule has 2 N–H and O–H groups in total. The quantitative estimate of drug-likeness (QED) is 0.849.